The van der Waals surface area contributed by atoms with Gasteiger partial charge in [-0.2, -0.15) is 0 Å². The number of hydrogen-bond donors (Lipinski definition) is 2. The molecule has 0 aliphatic heterocycles. The number of amides is 2. The third-order valence-corrected chi connectivity index (χ3v) is 5.48. The zero-order chi connectivity index (χ0) is 23.4. The van der Waals surface area contributed by atoms with Crippen molar-refractivity contribution in [3.8, 4) is 5.75 Å². The van der Waals surface area contributed by atoms with E-state index in [1.165, 1.54) is 25.3 Å². The Morgan fingerprint density at radius 1 is 1.13 bits per heavy atom. The summed E-state index contributed by atoms with van der Waals surface area (Å²) in [6, 6.07) is 10.9. The number of methoxy groups -OCH3 is 1. The summed E-state index contributed by atoms with van der Waals surface area (Å²) in [5, 5.41) is 5.66. The van der Waals surface area contributed by atoms with Gasteiger partial charge in [-0.15, -0.1) is 0 Å². The van der Waals surface area contributed by atoms with Gasteiger partial charge in [-0.3, -0.25) is 13.9 Å². The van der Waals surface area contributed by atoms with Gasteiger partial charge in [0.15, 0.2) is 0 Å². The van der Waals surface area contributed by atoms with Gasteiger partial charge in [-0.25, -0.2) is 8.42 Å². The van der Waals surface area contributed by atoms with Crippen molar-refractivity contribution >= 4 is 44.8 Å². The first-order chi connectivity index (χ1) is 14.3. The van der Waals surface area contributed by atoms with Gasteiger partial charge in [0.1, 0.15) is 12.3 Å². The molecule has 0 aromatic heterocycles. The van der Waals surface area contributed by atoms with Gasteiger partial charge >= 0.3 is 0 Å². The third kappa shape index (κ3) is 6.86. The molecule has 0 atom stereocenters. The minimum atomic E-state index is -3.80. The molecule has 2 aromatic rings. The number of hydrogen-bond acceptors (Lipinski definition) is 5. The van der Waals surface area contributed by atoms with E-state index in [-0.39, 0.29) is 27.9 Å². The van der Waals surface area contributed by atoms with E-state index in [1.54, 1.807) is 24.3 Å². The lowest BCUT2D eigenvalue weighted by Gasteiger charge is -2.23. The molecular weight excluding hydrogens is 442 g/mol. The summed E-state index contributed by atoms with van der Waals surface area (Å²) < 4.78 is 30.7. The van der Waals surface area contributed by atoms with E-state index in [1.807, 2.05) is 20.8 Å². The van der Waals surface area contributed by atoms with Crippen LogP contribution >= 0.6 is 11.6 Å². The van der Waals surface area contributed by atoms with Crippen LogP contribution < -0.4 is 19.7 Å². The number of para-hydroxylation sites is 1. The van der Waals surface area contributed by atoms with Crippen molar-refractivity contribution in [2.45, 2.75) is 26.3 Å². The van der Waals surface area contributed by atoms with Crippen molar-refractivity contribution in [1.29, 1.82) is 0 Å². The van der Waals surface area contributed by atoms with Crippen molar-refractivity contribution < 1.29 is 22.7 Å². The van der Waals surface area contributed by atoms with E-state index in [2.05, 4.69) is 10.6 Å². The van der Waals surface area contributed by atoms with Crippen LogP contribution in [0.1, 0.15) is 31.1 Å². The first-order valence-corrected chi connectivity index (χ1v) is 11.6. The van der Waals surface area contributed by atoms with E-state index in [0.717, 1.165) is 10.6 Å². The Labute approximate surface area is 187 Å². The molecule has 168 valence electrons. The molecule has 2 N–H and O–H groups in total. The Morgan fingerprint density at radius 3 is 2.32 bits per heavy atom. The molecule has 0 heterocycles. The van der Waals surface area contributed by atoms with Gasteiger partial charge in [0.2, 0.25) is 15.9 Å². The van der Waals surface area contributed by atoms with Crippen LogP contribution in [-0.4, -0.2) is 45.7 Å². The number of nitrogens with one attached hydrogen (secondary N) is 2. The van der Waals surface area contributed by atoms with Gasteiger partial charge in [0.25, 0.3) is 5.91 Å². The zero-order valence-corrected chi connectivity index (χ0v) is 19.6. The lowest BCUT2D eigenvalue weighted by Crippen LogP contribution is -2.41. The van der Waals surface area contributed by atoms with E-state index in [9.17, 15) is 18.0 Å². The highest BCUT2D eigenvalue weighted by atomic mass is 35.5. The predicted molar refractivity (Wildman–Crippen MR) is 122 cm³/mol. The maximum Gasteiger partial charge on any atom is 0.253 e. The van der Waals surface area contributed by atoms with Crippen LogP contribution in [-0.2, 0) is 14.8 Å². The molecule has 2 aromatic carbocycles. The maximum atomic E-state index is 12.7. The zero-order valence-electron chi connectivity index (χ0n) is 18.0. The maximum absolute atomic E-state index is 12.7. The fraction of sp³-hybridized carbons (Fsp3) is 0.333. The molecule has 2 amide bonds. The van der Waals surface area contributed by atoms with Crippen LogP contribution in [0.25, 0.3) is 0 Å². The summed E-state index contributed by atoms with van der Waals surface area (Å²) in [5.41, 5.74) is 0.288. The molecule has 0 unspecified atom stereocenters. The molecule has 0 bridgehead atoms. The molecule has 0 fully saturated rings. The Balaban J connectivity index is 2.27. The molecule has 31 heavy (non-hydrogen) atoms. The number of anilines is 2. The molecule has 0 radical (unpaired) electrons. The number of ether oxygens (including phenoxy) is 1. The largest absolute Gasteiger partial charge is 0.495 e. The van der Waals surface area contributed by atoms with Crippen LogP contribution in [0.2, 0.25) is 5.02 Å². The van der Waals surface area contributed by atoms with Crippen molar-refractivity contribution in [2.75, 3.05) is 29.5 Å². The Morgan fingerprint density at radius 2 is 1.77 bits per heavy atom. The fourth-order valence-electron chi connectivity index (χ4n) is 2.73. The van der Waals surface area contributed by atoms with Crippen molar-refractivity contribution in [3.05, 3.63) is 53.1 Å². The monoisotopic (exact) mass is 467 g/mol. The summed E-state index contributed by atoms with van der Waals surface area (Å²) in [6.07, 6.45) is 0.989. The van der Waals surface area contributed by atoms with Crippen LogP contribution in [0.15, 0.2) is 42.5 Å². The van der Waals surface area contributed by atoms with Gasteiger partial charge in [-0.05, 0) is 51.1 Å². The SMILES string of the molecule is COc1ccc(N(CC(=O)Nc2ccccc2C(=O)NC(C)(C)C)S(C)(=O)=O)cc1Cl. The van der Waals surface area contributed by atoms with Crippen molar-refractivity contribution in [3.63, 3.8) is 0 Å². The van der Waals surface area contributed by atoms with Gasteiger partial charge in [0.05, 0.1) is 35.3 Å². The van der Waals surface area contributed by atoms with Crippen molar-refractivity contribution in [2.24, 2.45) is 0 Å². The topological polar surface area (TPSA) is 105 Å². The standard InChI is InChI=1S/C21H26ClN3O5S/c1-21(2,3)24-20(27)15-8-6-7-9-17(15)23-19(26)13-25(31(5,28)29)14-10-11-18(30-4)16(22)12-14/h6-12H,13H2,1-5H3,(H,23,26)(H,24,27). The molecule has 0 aliphatic rings. The summed E-state index contributed by atoms with van der Waals surface area (Å²) >= 11 is 6.11. The summed E-state index contributed by atoms with van der Waals surface area (Å²) in [4.78, 5) is 25.3. The molecule has 0 aliphatic carbocycles. The minimum Gasteiger partial charge on any atom is -0.495 e. The van der Waals surface area contributed by atoms with E-state index in [4.69, 9.17) is 16.3 Å². The summed E-state index contributed by atoms with van der Waals surface area (Å²) in [6.45, 7) is 5.03. The van der Waals surface area contributed by atoms with E-state index < -0.39 is 28.0 Å². The minimum absolute atomic E-state index is 0.207. The highest BCUT2D eigenvalue weighted by molar-refractivity contribution is 7.92. The third-order valence-electron chi connectivity index (χ3n) is 4.05. The summed E-state index contributed by atoms with van der Waals surface area (Å²) in [7, 11) is -2.36. The second kappa shape index (κ2) is 9.57. The second-order valence-electron chi connectivity index (χ2n) is 7.89. The highest BCUT2D eigenvalue weighted by Gasteiger charge is 2.23. The average molecular weight is 468 g/mol. The fourth-order valence-corrected chi connectivity index (χ4v) is 3.83. The number of halogens is 1. The van der Waals surface area contributed by atoms with Gasteiger partial charge < -0.3 is 15.4 Å². The van der Waals surface area contributed by atoms with Crippen molar-refractivity contribution in [1.82, 2.24) is 5.32 Å². The molecule has 10 heteroatoms. The lowest BCUT2D eigenvalue weighted by molar-refractivity contribution is -0.114. The second-order valence-corrected chi connectivity index (χ2v) is 10.2. The predicted octanol–water partition coefficient (Wildman–Crippen LogP) is 3.28. The number of nitrogens with zero attached hydrogens (tertiary/aromatic N) is 1. The molecule has 0 saturated carbocycles. The lowest BCUT2D eigenvalue weighted by atomic mass is 10.1. The first-order valence-electron chi connectivity index (χ1n) is 9.34. The normalized spacial score (nSPS) is 11.5. The van der Waals surface area contributed by atoms with Crippen LogP contribution in [0.5, 0.6) is 5.75 Å². The molecule has 0 saturated heterocycles. The smallest absolute Gasteiger partial charge is 0.253 e. The quantitative estimate of drug-likeness (QED) is 0.650. The molecular formula is C21H26ClN3O5S. The number of rotatable bonds is 7. The molecule has 8 nitrogen and oxygen atoms in total. The average Bonchev–Trinajstić information content (AvgIpc) is 2.64. The van der Waals surface area contributed by atoms with Crippen LogP contribution in [0.3, 0.4) is 0 Å². The number of carbonyl (C=O) groups excluding carboxylic acids is 2. The van der Waals surface area contributed by atoms with Crippen LogP contribution in [0.4, 0.5) is 11.4 Å². The van der Waals surface area contributed by atoms with Gasteiger partial charge in [-0.1, -0.05) is 23.7 Å². The number of carbonyl (C=O) groups is 2. The summed E-state index contributed by atoms with van der Waals surface area (Å²) in [5.74, 6) is -0.596. The number of benzene rings is 2. The van der Waals surface area contributed by atoms with Gasteiger partial charge in [0, 0.05) is 5.54 Å². The first kappa shape index (κ1) is 24.5. The van der Waals surface area contributed by atoms with Crippen LogP contribution in [0, 0.1) is 0 Å². The van der Waals surface area contributed by atoms with E-state index >= 15 is 0 Å². The van der Waals surface area contributed by atoms with E-state index in [0.29, 0.717) is 5.75 Å². The molecule has 2 rings (SSSR count). The highest BCUT2D eigenvalue weighted by Crippen LogP contribution is 2.30. The Bertz CT molecular complexity index is 1080. The number of sulfonamides is 1. The molecule has 0 spiro atoms. The Kier molecular flexibility index (Phi) is 7.56. The Hall–Kier alpha value is -2.78.